The molecule has 8 nitrogen and oxygen atoms in total. The zero-order valence-corrected chi connectivity index (χ0v) is 23.4. The number of carbonyl (C=O) groups excluding carboxylic acids is 1. The number of halogens is 1. The number of fused-ring (bicyclic) bond motifs is 2. The van der Waals surface area contributed by atoms with Crippen molar-refractivity contribution in [2.24, 2.45) is 10.2 Å². The summed E-state index contributed by atoms with van der Waals surface area (Å²) in [6, 6.07) is 20.3. The lowest BCUT2D eigenvalue weighted by Crippen LogP contribution is -1.99. The van der Waals surface area contributed by atoms with Gasteiger partial charge in [-0.05, 0) is 61.0 Å². The van der Waals surface area contributed by atoms with Gasteiger partial charge in [-0.2, -0.15) is 0 Å². The number of hydrogen-bond acceptors (Lipinski definition) is 6. The molecule has 3 aromatic carbocycles. The van der Waals surface area contributed by atoms with Gasteiger partial charge >= 0.3 is 0 Å². The van der Waals surface area contributed by atoms with E-state index < -0.39 is 5.91 Å². The molecule has 1 amide bonds. The molecule has 0 bridgehead atoms. The van der Waals surface area contributed by atoms with E-state index in [0.717, 1.165) is 28.4 Å². The average Bonchev–Trinajstić information content (AvgIpc) is 3.23. The molecule has 0 saturated heterocycles. The molecule has 1 N–H and O–H groups in total. The standard InChI is InChI=1S/C30H27BrN4O4/c1-4-5-14-35-27-13-11-21(39-3)16-24(27)28(30(35)37)33-34-29(36)23-17-26(18-6-8-19(31)9-7-18)32-25-12-10-20(38-2)15-22(23)25/h6-13,15-17,37H,4-5,14H2,1-3H3. The minimum atomic E-state index is -0.564. The Labute approximate surface area is 234 Å². The Balaban J connectivity index is 1.62. The number of nitrogens with zero attached hydrogens (tertiary/aromatic N) is 4. The molecular weight excluding hydrogens is 560 g/mol. The molecule has 0 radical (unpaired) electrons. The van der Waals surface area contributed by atoms with Crippen molar-refractivity contribution in [3.8, 4) is 28.6 Å². The van der Waals surface area contributed by atoms with E-state index in [0.29, 0.717) is 45.6 Å². The third-order valence-electron chi connectivity index (χ3n) is 6.58. The topological polar surface area (TPSA) is 98.3 Å². The molecule has 2 aromatic heterocycles. The van der Waals surface area contributed by atoms with E-state index in [2.05, 4.69) is 33.1 Å². The fourth-order valence-electron chi connectivity index (χ4n) is 4.50. The molecule has 0 atom stereocenters. The van der Waals surface area contributed by atoms with E-state index in [4.69, 9.17) is 14.5 Å². The van der Waals surface area contributed by atoms with Crippen LogP contribution in [0.1, 0.15) is 30.1 Å². The Kier molecular flexibility index (Phi) is 7.60. The fraction of sp³-hybridized carbons (Fsp3) is 0.200. The number of carbonyl (C=O) groups is 1. The van der Waals surface area contributed by atoms with Gasteiger partial charge in [0.05, 0.1) is 36.5 Å². The first-order valence-electron chi connectivity index (χ1n) is 12.5. The van der Waals surface area contributed by atoms with Gasteiger partial charge < -0.3 is 19.1 Å². The number of ether oxygens (including phenoxy) is 2. The summed E-state index contributed by atoms with van der Waals surface area (Å²) in [5.41, 5.74) is 3.44. The normalized spacial score (nSPS) is 11.5. The molecule has 5 rings (SSSR count). The van der Waals surface area contributed by atoms with Gasteiger partial charge in [0.2, 0.25) is 5.88 Å². The molecule has 2 heterocycles. The van der Waals surface area contributed by atoms with Crippen LogP contribution in [0.2, 0.25) is 0 Å². The summed E-state index contributed by atoms with van der Waals surface area (Å²) < 4.78 is 13.5. The van der Waals surface area contributed by atoms with Crippen LogP contribution in [-0.4, -0.2) is 34.8 Å². The summed E-state index contributed by atoms with van der Waals surface area (Å²) in [5.74, 6) is 0.602. The highest BCUT2D eigenvalue weighted by Crippen LogP contribution is 2.41. The number of aryl methyl sites for hydroxylation is 1. The highest BCUT2D eigenvalue weighted by Gasteiger charge is 2.19. The number of unbranched alkanes of at least 4 members (excludes halogenated alkanes) is 1. The zero-order valence-electron chi connectivity index (χ0n) is 21.8. The maximum absolute atomic E-state index is 13.6. The predicted octanol–water partition coefficient (Wildman–Crippen LogP) is 8.07. The van der Waals surface area contributed by atoms with Crippen LogP contribution in [0.25, 0.3) is 33.1 Å². The number of aromatic hydroxyl groups is 1. The summed E-state index contributed by atoms with van der Waals surface area (Å²) in [4.78, 5) is 18.3. The van der Waals surface area contributed by atoms with Gasteiger partial charge in [-0.15, -0.1) is 10.2 Å². The molecule has 0 unspecified atom stereocenters. The lowest BCUT2D eigenvalue weighted by molar-refractivity contribution is 0.0996. The van der Waals surface area contributed by atoms with Crippen LogP contribution in [0.4, 0.5) is 5.69 Å². The van der Waals surface area contributed by atoms with E-state index in [1.807, 2.05) is 42.5 Å². The SMILES string of the molecule is CCCCn1c(O)c(N=NC(=O)c2cc(-c3ccc(Br)cc3)nc3ccc(OC)cc23)c2cc(OC)ccc21. The monoisotopic (exact) mass is 586 g/mol. The van der Waals surface area contributed by atoms with E-state index in [1.165, 1.54) is 0 Å². The number of methoxy groups -OCH3 is 2. The third kappa shape index (κ3) is 5.22. The first kappa shape index (κ1) is 26.4. The Morgan fingerprint density at radius 1 is 0.974 bits per heavy atom. The summed E-state index contributed by atoms with van der Waals surface area (Å²) in [6.45, 7) is 2.70. The van der Waals surface area contributed by atoms with Gasteiger partial charge in [0.15, 0.2) is 5.69 Å². The van der Waals surface area contributed by atoms with E-state index in [1.54, 1.807) is 43.1 Å². The number of rotatable bonds is 8. The van der Waals surface area contributed by atoms with Gasteiger partial charge in [0.25, 0.3) is 5.91 Å². The first-order valence-corrected chi connectivity index (χ1v) is 13.3. The Bertz CT molecular complexity index is 1710. The van der Waals surface area contributed by atoms with Crippen LogP contribution in [0.15, 0.2) is 81.4 Å². The van der Waals surface area contributed by atoms with Crippen LogP contribution in [0, 0.1) is 0 Å². The molecule has 0 aliphatic carbocycles. The molecule has 0 fully saturated rings. The molecule has 0 aliphatic rings. The number of pyridine rings is 1. The average molecular weight is 587 g/mol. The van der Waals surface area contributed by atoms with Gasteiger partial charge in [-0.1, -0.05) is 41.4 Å². The van der Waals surface area contributed by atoms with Crippen LogP contribution in [0.5, 0.6) is 17.4 Å². The summed E-state index contributed by atoms with van der Waals surface area (Å²) in [6.07, 6.45) is 1.84. The van der Waals surface area contributed by atoms with Crippen molar-refractivity contribution in [1.29, 1.82) is 0 Å². The molecule has 0 saturated carbocycles. The molecular formula is C30H27BrN4O4. The highest BCUT2D eigenvalue weighted by atomic mass is 79.9. The third-order valence-corrected chi connectivity index (χ3v) is 7.11. The summed E-state index contributed by atoms with van der Waals surface area (Å²) in [7, 11) is 3.14. The minimum absolute atomic E-state index is 0.0416. The van der Waals surface area contributed by atoms with Crippen molar-refractivity contribution in [2.75, 3.05) is 14.2 Å². The van der Waals surface area contributed by atoms with Gasteiger partial charge in [-0.3, -0.25) is 4.79 Å². The Morgan fingerprint density at radius 3 is 2.36 bits per heavy atom. The van der Waals surface area contributed by atoms with Crippen molar-refractivity contribution in [2.45, 2.75) is 26.3 Å². The van der Waals surface area contributed by atoms with Gasteiger partial charge in [-0.25, -0.2) is 4.98 Å². The lowest BCUT2D eigenvalue weighted by Gasteiger charge is -2.09. The van der Waals surface area contributed by atoms with Crippen molar-refractivity contribution in [3.63, 3.8) is 0 Å². The molecule has 39 heavy (non-hydrogen) atoms. The van der Waals surface area contributed by atoms with Crippen molar-refractivity contribution in [1.82, 2.24) is 9.55 Å². The maximum atomic E-state index is 13.6. The number of benzene rings is 3. The van der Waals surface area contributed by atoms with Crippen LogP contribution < -0.4 is 9.47 Å². The van der Waals surface area contributed by atoms with Crippen molar-refractivity contribution >= 4 is 49.3 Å². The second kappa shape index (κ2) is 11.2. The zero-order chi connectivity index (χ0) is 27.5. The Hall–Kier alpha value is -4.24. The van der Waals surface area contributed by atoms with Crippen LogP contribution in [-0.2, 0) is 6.54 Å². The van der Waals surface area contributed by atoms with Crippen molar-refractivity contribution in [3.05, 3.63) is 76.8 Å². The quantitative estimate of drug-likeness (QED) is 0.185. The minimum Gasteiger partial charge on any atom is -0.497 e. The van der Waals surface area contributed by atoms with E-state index >= 15 is 0 Å². The van der Waals surface area contributed by atoms with E-state index in [9.17, 15) is 9.90 Å². The summed E-state index contributed by atoms with van der Waals surface area (Å²) in [5, 5.41) is 20.7. The molecule has 9 heteroatoms. The smallest absolute Gasteiger partial charge is 0.296 e. The number of azo groups is 1. The molecule has 198 valence electrons. The summed E-state index contributed by atoms with van der Waals surface area (Å²) >= 11 is 3.46. The molecule has 0 aliphatic heterocycles. The predicted molar refractivity (Wildman–Crippen MR) is 155 cm³/mol. The van der Waals surface area contributed by atoms with E-state index in [-0.39, 0.29) is 11.6 Å². The lowest BCUT2D eigenvalue weighted by atomic mass is 10.0. The highest BCUT2D eigenvalue weighted by molar-refractivity contribution is 9.10. The molecule has 5 aromatic rings. The second-order valence-corrected chi connectivity index (χ2v) is 9.93. The first-order chi connectivity index (χ1) is 18.9. The number of amides is 1. The Morgan fingerprint density at radius 2 is 1.67 bits per heavy atom. The van der Waals surface area contributed by atoms with Crippen molar-refractivity contribution < 1.29 is 19.4 Å². The largest absolute Gasteiger partial charge is 0.497 e. The fourth-order valence-corrected chi connectivity index (χ4v) is 4.76. The number of hydrogen-bond donors (Lipinski definition) is 1. The second-order valence-electron chi connectivity index (χ2n) is 9.01. The van der Waals surface area contributed by atoms with Crippen LogP contribution >= 0.6 is 15.9 Å². The number of aromatic nitrogens is 2. The maximum Gasteiger partial charge on any atom is 0.296 e. The molecule has 0 spiro atoms. The van der Waals surface area contributed by atoms with Gasteiger partial charge in [0.1, 0.15) is 11.5 Å². The van der Waals surface area contributed by atoms with Crippen LogP contribution in [0.3, 0.4) is 0 Å². The van der Waals surface area contributed by atoms with Gasteiger partial charge in [0, 0.05) is 27.4 Å².